The number of methoxy groups -OCH3 is 1. The first-order chi connectivity index (χ1) is 29.3. The molecule has 8 rings (SSSR count). The van der Waals surface area contributed by atoms with Crippen molar-refractivity contribution < 1.29 is 28.1 Å². The van der Waals surface area contributed by atoms with E-state index in [2.05, 4.69) is 80.8 Å². The second kappa shape index (κ2) is 19.3. The fourth-order valence-electron chi connectivity index (χ4n) is 7.87. The number of piperidine rings is 1. The van der Waals surface area contributed by atoms with E-state index in [1.807, 2.05) is 30.3 Å². The Hall–Kier alpha value is -5.50. The van der Waals surface area contributed by atoms with Crippen LogP contribution in [0.5, 0.6) is 11.5 Å². The summed E-state index contributed by atoms with van der Waals surface area (Å²) in [5, 5.41) is 17.5. The Morgan fingerprint density at radius 3 is 2.33 bits per heavy atom. The molecular formula is C48H51N5O6S. The summed E-state index contributed by atoms with van der Waals surface area (Å²) in [7, 11) is -0.105. The van der Waals surface area contributed by atoms with E-state index in [1.165, 1.54) is 22.3 Å². The quantitative estimate of drug-likeness (QED) is 0.0752. The third kappa shape index (κ3) is 10.3. The zero-order valence-electron chi connectivity index (χ0n) is 33.8. The van der Waals surface area contributed by atoms with E-state index in [-0.39, 0.29) is 23.3 Å². The fourth-order valence-corrected chi connectivity index (χ4v) is 8.86. The van der Waals surface area contributed by atoms with Gasteiger partial charge in [-0.2, -0.15) is 4.98 Å². The molecule has 60 heavy (non-hydrogen) atoms. The number of rotatable bonds is 18. The normalized spacial score (nSPS) is 16.3. The van der Waals surface area contributed by atoms with Gasteiger partial charge >= 0.3 is 0 Å². The van der Waals surface area contributed by atoms with Gasteiger partial charge in [0.1, 0.15) is 17.6 Å². The molecule has 2 aliphatic rings. The number of nitrogens with one attached hydrogen (secondary N) is 2. The number of carbonyl (C=O) groups is 1. The predicted octanol–water partition coefficient (Wildman–Crippen LogP) is 7.41. The maximum atomic E-state index is 12.7. The van der Waals surface area contributed by atoms with Crippen molar-refractivity contribution in [2.24, 2.45) is 0 Å². The summed E-state index contributed by atoms with van der Waals surface area (Å²) in [4.78, 5) is 19.7. The molecule has 1 aliphatic heterocycles. The Morgan fingerprint density at radius 2 is 1.62 bits per heavy atom. The van der Waals surface area contributed by atoms with Crippen LogP contribution in [0.1, 0.15) is 87.2 Å². The van der Waals surface area contributed by atoms with Gasteiger partial charge in [0, 0.05) is 37.8 Å². The largest absolute Gasteiger partial charge is 0.508 e. The highest BCUT2D eigenvalue weighted by Crippen LogP contribution is 2.52. The van der Waals surface area contributed by atoms with Crippen LogP contribution in [-0.2, 0) is 40.6 Å². The smallest absolute Gasteiger partial charge is 0.264 e. The zero-order valence-corrected chi connectivity index (χ0v) is 34.6. The number of likely N-dealkylation sites (tertiary alicyclic amines) is 1. The molecule has 0 radical (unpaired) electrons. The molecule has 310 valence electrons. The Morgan fingerprint density at radius 1 is 0.883 bits per heavy atom. The molecule has 1 aromatic heterocycles. The molecule has 2 unspecified atom stereocenters. The monoisotopic (exact) mass is 825 g/mol. The molecule has 0 spiro atoms. The maximum Gasteiger partial charge on any atom is 0.264 e. The molecule has 12 heteroatoms. The van der Waals surface area contributed by atoms with Crippen LogP contribution in [0.4, 0.5) is 0 Å². The number of benzene rings is 5. The lowest BCUT2D eigenvalue weighted by Crippen LogP contribution is -2.44. The summed E-state index contributed by atoms with van der Waals surface area (Å²) in [6, 6.07) is 41.4. The Labute approximate surface area is 353 Å². The molecule has 2 fully saturated rings. The average molecular weight is 826 g/mol. The van der Waals surface area contributed by atoms with E-state index in [4.69, 9.17) is 19.0 Å². The number of hydrogen-bond donors (Lipinski definition) is 3. The van der Waals surface area contributed by atoms with Crippen LogP contribution in [-0.4, -0.2) is 68.9 Å². The molecule has 2 atom stereocenters. The van der Waals surface area contributed by atoms with Crippen LogP contribution in [0.15, 0.2) is 132 Å². The Kier molecular flexibility index (Phi) is 13.2. The minimum atomic E-state index is -1.77. The van der Waals surface area contributed by atoms with Gasteiger partial charge in [0.15, 0.2) is 16.8 Å². The van der Waals surface area contributed by atoms with E-state index in [1.54, 1.807) is 43.5 Å². The highest BCUT2D eigenvalue weighted by molar-refractivity contribution is 7.99. The third-order valence-electron chi connectivity index (χ3n) is 11.5. The second-order valence-electron chi connectivity index (χ2n) is 15.7. The lowest BCUT2D eigenvalue weighted by Gasteiger charge is -2.30. The summed E-state index contributed by atoms with van der Waals surface area (Å²) >= 11 is 0. The Bertz CT molecular complexity index is 2340. The molecule has 2 heterocycles. The van der Waals surface area contributed by atoms with E-state index >= 15 is 0 Å². The fraction of sp³-hybridized carbons (Fsp3) is 0.312. The van der Waals surface area contributed by atoms with Crippen LogP contribution < -0.4 is 14.8 Å². The first-order valence-corrected chi connectivity index (χ1v) is 21.8. The predicted molar refractivity (Wildman–Crippen MR) is 231 cm³/mol. The molecule has 0 bridgehead atoms. The number of nitrogens with zero attached hydrogens (tertiary/aromatic N) is 3. The maximum absolute atomic E-state index is 12.7. The number of carbonyl (C=O) groups excluding carboxylic acids is 1. The topological polar surface area (TPSA) is 139 Å². The van der Waals surface area contributed by atoms with Crippen molar-refractivity contribution in [1.29, 1.82) is 0 Å². The van der Waals surface area contributed by atoms with Gasteiger partial charge in [-0.3, -0.25) is 9.69 Å². The molecule has 11 nitrogen and oxygen atoms in total. The first kappa shape index (κ1) is 41.2. The van der Waals surface area contributed by atoms with Crippen molar-refractivity contribution in [3.63, 3.8) is 0 Å². The molecule has 5 aromatic carbocycles. The molecular weight excluding hydrogens is 775 g/mol. The molecule has 6 aromatic rings. The standard InChI is InChI=1S/C48H51N5O6S/c1-57-43-20-12-35(13-21-43)32-49-26-29-58-45(37-14-18-42(54)19-15-37)39-9-5-6-36(31-39)30-34-10-16-40(17-11-34)48(24-25-48)47-50-44(59-51-47)33-53-27-22-41(23-28-53)52-60(56)46(55)38-7-3-2-4-8-38/h2-21,31,41,45,49,52,54H,22-30,32-33H2,1H3. The average Bonchev–Trinajstić information content (AvgIpc) is 3.97. The zero-order chi connectivity index (χ0) is 41.3. The summed E-state index contributed by atoms with van der Waals surface area (Å²) in [5.74, 6) is 2.40. The SMILES string of the molecule is COc1ccc(CNCCOC(c2ccc(O)cc2)c2cccc(Cc3ccc(C4(c5noc(CN6CCC(NS(=O)C(=O)c7ccccc7)CC6)n5)CC4)cc3)c2)cc1. The molecule has 1 saturated heterocycles. The number of phenolic OH excluding ortho intramolecular Hbond substituents is 1. The lowest BCUT2D eigenvalue weighted by atomic mass is 9.92. The number of aromatic hydroxyl groups is 1. The van der Waals surface area contributed by atoms with Crippen molar-refractivity contribution in [2.45, 2.75) is 62.8 Å². The van der Waals surface area contributed by atoms with Gasteiger partial charge in [0.25, 0.3) is 5.12 Å². The lowest BCUT2D eigenvalue weighted by molar-refractivity contribution is 0.0818. The number of aromatic nitrogens is 2. The van der Waals surface area contributed by atoms with Gasteiger partial charge in [0.05, 0.1) is 25.7 Å². The van der Waals surface area contributed by atoms with Gasteiger partial charge in [-0.1, -0.05) is 108 Å². The van der Waals surface area contributed by atoms with Gasteiger partial charge < -0.3 is 24.4 Å². The van der Waals surface area contributed by atoms with Crippen molar-refractivity contribution in [1.82, 2.24) is 25.1 Å². The van der Waals surface area contributed by atoms with Crippen LogP contribution in [0.3, 0.4) is 0 Å². The van der Waals surface area contributed by atoms with Crippen LogP contribution in [0.2, 0.25) is 0 Å². The van der Waals surface area contributed by atoms with E-state index in [9.17, 15) is 14.1 Å². The molecule has 1 aliphatic carbocycles. The summed E-state index contributed by atoms with van der Waals surface area (Å²) < 4.78 is 33.3. The van der Waals surface area contributed by atoms with Crippen LogP contribution in [0, 0.1) is 0 Å². The third-order valence-corrected chi connectivity index (χ3v) is 12.6. The van der Waals surface area contributed by atoms with Crippen LogP contribution >= 0.6 is 0 Å². The van der Waals surface area contributed by atoms with Crippen molar-refractivity contribution in [2.75, 3.05) is 33.4 Å². The molecule has 3 N–H and O–H groups in total. The van der Waals surface area contributed by atoms with Gasteiger partial charge in [-0.25, -0.2) is 8.93 Å². The highest BCUT2D eigenvalue weighted by Gasteiger charge is 2.50. The van der Waals surface area contributed by atoms with Gasteiger partial charge in [-0.15, -0.1) is 0 Å². The van der Waals surface area contributed by atoms with Gasteiger partial charge in [0.2, 0.25) is 5.89 Å². The Balaban J connectivity index is 0.844. The summed E-state index contributed by atoms with van der Waals surface area (Å²) in [6.45, 7) is 4.03. The summed E-state index contributed by atoms with van der Waals surface area (Å²) in [6.07, 6.45) is 3.96. The summed E-state index contributed by atoms with van der Waals surface area (Å²) in [5.41, 5.74) is 7.01. The van der Waals surface area contributed by atoms with E-state index < -0.39 is 16.1 Å². The molecule has 1 saturated carbocycles. The van der Waals surface area contributed by atoms with Gasteiger partial charge in [-0.05, 0) is 89.8 Å². The van der Waals surface area contributed by atoms with Crippen molar-refractivity contribution >= 4 is 16.1 Å². The van der Waals surface area contributed by atoms with E-state index in [0.29, 0.717) is 31.2 Å². The van der Waals surface area contributed by atoms with Crippen molar-refractivity contribution in [3.05, 3.63) is 178 Å². The first-order valence-electron chi connectivity index (χ1n) is 20.6. The van der Waals surface area contributed by atoms with Crippen LogP contribution in [0.25, 0.3) is 0 Å². The minimum absolute atomic E-state index is 0.000946. The number of hydrogen-bond acceptors (Lipinski definition) is 10. The molecule has 0 amide bonds. The van der Waals surface area contributed by atoms with E-state index in [0.717, 1.165) is 74.4 Å². The number of ether oxygens (including phenoxy) is 2. The highest BCUT2D eigenvalue weighted by atomic mass is 32.2. The second-order valence-corrected chi connectivity index (χ2v) is 16.8. The number of phenols is 1. The van der Waals surface area contributed by atoms with Crippen molar-refractivity contribution in [3.8, 4) is 11.5 Å². The minimum Gasteiger partial charge on any atom is -0.508 e.